The molecule has 0 saturated heterocycles. The molecule has 0 spiro atoms. The summed E-state index contributed by atoms with van der Waals surface area (Å²) in [4.78, 5) is 0. The van der Waals surface area contributed by atoms with Gasteiger partial charge in [0.15, 0.2) is 0 Å². The van der Waals surface area contributed by atoms with E-state index in [0.717, 1.165) is 0 Å². The molecule has 11 heavy (non-hydrogen) atoms. The fourth-order valence-corrected chi connectivity index (χ4v) is 0.831. The average Bonchev–Trinajstić information content (AvgIpc) is 2.67. The van der Waals surface area contributed by atoms with Gasteiger partial charge in [-0.15, -0.1) is 0 Å². The van der Waals surface area contributed by atoms with Gasteiger partial charge in [0.1, 0.15) is 0 Å². The molecule has 62 valence electrons. The van der Waals surface area contributed by atoms with E-state index in [9.17, 15) is 0 Å². The molecule has 1 heteroatoms. The van der Waals surface area contributed by atoms with Crippen LogP contribution in [0.4, 0.5) is 0 Å². The topological polar surface area (TPSA) is 0 Å². The fourth-order valence-electron chi connectivity index (χ4n) is 0.831. The smallest absolute Gasteiger partial charge is 0.501 e. The Morgan fingerprint density at radius 1 is 1.18 bits per heavy atom. The molecule has 0 nitrogen and oxygen atoms in total. The standard InChI is InChI=1S/C5H7.C5H5.Ni/c2*1-2-4-5-3-1;/h1H,2,4-5H2;1-5H;/q2*-1;+2. The van der Waals surface area contributed by atoms with Crippen molar-refractivity contribution >= 4 is 0 Å². The molecular formula is C10H12Ni. The maximum atomic E-state index is 3.10. The van der Waals surface area contributed by atoms with Crippen LogP contribution in [0.1, 0.15) is 19.3 Å². The monoisotopic (exact) mass is 190 g/mol. The van der Waals surface area contributed by atoms with Crippen molar-refractivity contribution < 1.29 is 16.5 Å². The Kier molecular flexibility index (Phi) is 7.40. The van der Waals surface area contributed by atoms with Gasteiger partial charge in [-0.3, -0.25) is 6.08 Å². The van der Waals surface area contributed by atoms with Crippen LogP contribution in [0, 0.1) is 6.08 Å². The van der Waals surface area contributed by atoms with Gasteiger partial charge in [0, 0.05) is 0 Å². The first-order chi connectivity index (χ1) is 5.00. The first-order valence-corrected chi connectivity index (χ1v) is 3.72. The van der Waals surface area contributed by atoms with Crippen molar-refractivity contribution in [3.63, 3.8) is 0 Å². The molecule has 0 atom stereocenters. The van der Waals surface area contributed by atoms with Crippen molar-refractivity contribution in [2.75, 3.05) is 0 Å². The van der Waals surface area contributed by atoms with E-state index in [1.54, 1.807) is 0 Å². The summed E-state index contributed by atoms with van der Waals surface area (Å²) < 4.78 is 0. The zero-order valence-corrected chi connectivity index (χ0v) is 7.39. The Morgan fingerprint density at radius 2 is 1.91 bits per heavy atom. The van der Waals surface area contributed by atoms with Gasteiger partial charge in [-0.05, 0) is 0 Å². The summed E-state index contributed by atoms with van der Waals surface area (Å²) in [6, 6.07) is 10.0. The molecule has 1 aromatic carbocycles. The van der Waals surface area contributed by atoms with E-state index < -0.39 is 0 Å². The molecule has 0 bridgehead atoms. The minimum Gasteiger partial charge on any atom is -0.501 e. The van der Waals surface area contributed by atoms with Gasteiger partial charge in [0.05, 0.1) is 0 Å². The van der Waals surface area contributed by atoms with Crippen molar-refractivity contribution in [2.24, 2.45) is 0 Å². The SMILES string of the molecule is [C-]1=CCCC1.[Ni+2].c1cc[cH-]c1. The fraction of sp³-hybridized carbons (Fsp3) is 0.300. The second-order valence-corrected chi connectivity index (χ2v) is 2.26. The molecule has 0 amide bonds. The number of hydrogen-bond donors (Lipinski definition) is 0. The Morgan fingerprint density at radius 3 is 2.09 bits per heavy atom. The molecule has 0 N–H and O–H groups in total. The Labute approximate surface area is 78.6 Å². The molecule has 2 rings (SSSR count). The van der Waals surface area contributed by atoms with Crippen LogP contribution in [0.3, 0.4) is 0 Å². The van der Waals surface area contributed by atoms with E-state index in [2.05, 4.69) is 12.2 Å². The van der Waals surface area contributed by atoms with E-state index in [1.165, 1.54) is 19.3 Å². The van der Waals surface area contributed by atoms with E-state index >= 15 is 0 Å². The average molecular weight is 191 g/mol. The molecule has 1 aliphatic carbocycles. The molecule has 1 aromatic rings. The van der Waals surface area contributed by atoms with E-state index in [0.29, 0.717) is 0 Å². The third-order valence-electron chi connectivity index (χ3n) is 1.37. The Bertz CT molecular complexity index is 140. The number of allylic oxidation sites excluding steroid dienone is 2. The third-order valence-corrected chi connectivity index (χ3v) is 1.37. The normalized spacial score (nSPS) is 13.1. The van der Waals surface area contributed by atoms with E-state index in [1.807, 2.05) is 30.3 Å². The minimum absolute atomic E-state index is 0. The summed E-state index contributed by atoms with van der Waals surface area (Å²) in [5.41, 5.74) is 0. The molecule has 0 heterocycles. The van der Waals surface area contributed by atoms with Gasteiger partial charge >= 0.3 is 16.5 Å². The first-order valence-electron chi connectivity index (χ1n) is 3.72. The van der Waals surface area contributed by atoms with Crippen molar-refractivity contribution in [1.82, 2.24) is 0 Å². The quantitative estimate of drug-likeness (QED) is 0.436. The van der Waals surface area contributed by atoms with Crippen molar-refractivity contribution in [2.45, 2.75) is 19.3 Å². The summed E-state index contributed by atoms with van der Waals surface area (Å²) in [7, 11) is 0. The van der Waals surface area contributed by atoms with E-state index in [-0.39, 0.29) is 16.5 Å². The molecule has 0 fully saturated rings. The maximum Gasteiger partial charge on any atom is 2.00 e. The van der Waals surface area contributed by atoms with Gasteiger partial charge in [0.2, 0.25) is 0 Å². The number of hydrogen-bond acceptors (Lipinski definition) is 0. The summed E-state index contributed by atoms with van der Waals surface area (Å²) >= 11 is 0. The summed E-state index contributed by atoms with van der Waals surface area (Å²) in [5.74, 6) is 0. The Hall–Kier alpha value is -0.416. The van der Waals surface area contributed by atoms with Crippen LogP contribution in [0.15, 0.2) is 36.4 Å². The van der Waals surface area contributed by atoms with Crippen LogP contribution in [0.5, 0.6) is 0 Å². The van der Waals surface area contributed by atoms with Gasteiger partial charge < -0.3 is 6.08 Å². The molecule has 0 aliphatic heterocycles. The van der Waals surface area contributed by atoms with Crippen molar-refractivity contribution in [3.8, 4) is 0 Å². The largest absolute Gasteiger partial charge is 2.00 e. The summed E-state index contributed by atoms with van der Waals surface area (Å²) in [6.07, 6.45) is 9.00. The minimum atomic E-state index is 0. The second-order valence-electron chi connectivity index (χ2n) is 2.26. The van der Waals surface area contributed by atoms with Crippen LogP contribution < -0.4 is 0 Å². The van der Waals surface area contributed by atoms with Crippen molar-refractivity contribution in [1.29, 1.82) is 0 Å². The van der Waals surface area contributed by atoms with Crippen LogP contribution in [-0.2, 0) is 16.5 Å². The predicted molar refractivity (Wildman–Crippen MR) is 43.7 cm³/mol. The Balaban J connectivity index is 0.000000167. The predicted octanol–water partition coefficient (Wildman–Crippen LogP) is 2.93. The molecule has 0 aromatic heterocycles. The van der Waals surface area contributed by atoms with Gasteiger partial charge in [-0.25, -0.2) is 12.1 Å². The molecule has 0 unspecified atom stereocenters. The van der Waals surface area contributed by atoms with Gasteiger partial charge in [-0.2, -0.15) is 24.6 Å². The number of rotatable bonds is 0. The second kappa shape index (κ2) is 7.69. The molecule has 0 saturated carbocycles. The van der Waals surface area contributed by atoms with E-state index in [4.69, 9.17) is 0 Å². The summed E-state index contributed by atoms with van der Waals surface area (Å²) in [6.45, 7) is 0. The van der Waals surface area contributed by atoms with Gasteiger partial charge in [0.25, 0.3) is 0 Å². The summed E-state index contributed by atoms with van der Waals surface area (Å²) in [5, 5.41) is 0. The van der Waals surface area contributed by atoms with Crippen molar-refractivity contribution in [3.05, 3.63) is 42.5 Å². The maximum absolute atomic E-state index is 3.10. The molecule has 1 aliphatic rings. The molecular weight excluding hydrogens is 179 g/mol. The van der Waals surface area contributed by atoms with Crippen LogP contribution in [0.25, 0.3) is 0 Å². The molecule has 0 radical (unpaired) electrons. The van der Waals surface area contributed by atoms with Gasteiger partial charge in [-0.1, -0.05) is 12.8 Å². The first kappa shape index (κ1) is 10.6. The van der Waals surface area contributed by atoms with Crippen LogP contribution >= 0.6 is 0 Å². The van der Waals surface area contributed by atoms with Crippen LogP contribution in [-0.4, -0.2) is 0 Å². The zero-order valence-electron chi connectivity index (χ0n) is 6.40. The van der Waals surface area contributed by atoms with Crippen LogP contribution in [0.2, 0.25) is 0 Å². The zero-order chi connectivity index (χ0) is 7.07. The third kappa shape index (κ3) is 6.00.